The average molecular weight is 786 g/mol. The molecule has 13 rings (SSSR count). The van der Waals surface area contributed by atoms with Crippen LogP contribution >= 0.6 is 11.8 Å². The summed E-state index contributed by atoms with van der Waals surface area (Å²) in [5.41, 5.74) is 19.3. The van der Waals surface area contributed by atoms with Crippen LogP contribution in [0.5, 0.6) is 0 Å². The molecule has 1 heterocycles. The maximum absolute atomic E-state index is 2.68. The lowest BCUT2D eigenvalue weighted by Crippen LogP contribution is -2.74. The first kappa shape index (κ1) is 35.2. The molecule has 6 aliphatic carbocycles. The topological polar surface area (TPSA) is 3.24 Å². The van der Waals surface area contributed by atoms with Gasteiger partial charge in [0.1, 0.15) is 0 Å². The Morgan fingerprint density at radius 2 is 1.20 bits per heavy atom. The second-order valence-electron chi connectivity index (χ2n) is 21.6. The number of benzene rings is 6. The van der Waals surface area contributed by atoms with Gasteiger partial charge in [-0.05, 0) is 170 Å². The summed E-state index contributed by atoms with van der Waals surface area (Å²) in [4.78, 5) is 5.64. The van der Waals surface area contributed by atoms with Gasteiger partial charge in [-0.3, -0.25) is 0 Å². The number of nitrogens with zero attached hydrogens (tertiary/aromatic N) is 1. The van der Waals surface area contributed by atoms with E-state index >= 15 is 0 Å². The zero-order valence-corrected chi connectivity index (χ0v) is 36.3. The Kier molecular flexibility index (Phi) is 6.83. The molecule has 2 heteroatoms. The van der Waals surface area contributed by atoms with Crippen molar-refractivity contribution in [3.63, 3.8) is 0 Å². The zero-order chi connectivity index (χ0) is 39.8. The Morgan fingerprint density at radius 1 is 0.525 bits per heavy atom. The average Bonchev–Trinajstić information content (AvgIpc) is 3.85. The third-order valence-corrected chi connectivity index (χ3v) is 19.0. The van der Waals surface area contributed by atoms with Gasteiger partial charge in [0.15, 0.2) is 0 Å². The van der Waals surface area contributed by atoms with Crippen LogP contribution in [0.1, 0.15) is 113 Å². The predicted octanol–water partition coefficient (Wildman–Crippen LogP) is 15.3. The van der Waals surface area contributed by atoms with Crippen LogP contribution in [0.25, 0.3) is 22.3 Å². The van der Waals surface area contributed by atoms with Gasteiger partial charge >= 0.3 is 0 Å². The van der Waals surface area contributed by atoms with Crippen molar-refractivity contribution in [3.8, 4) is 22.3 Å². The van der Waals surface area contributed by atoms with Gasteiger partial charge in [-0.1, -0.05) is 144 Å². The Labute approximate surface area is 355 Å². The molecule has 2 spiro atoms. The van der Waals surface area contributed by atoms with Crippen molar-refractivity contribution in [1.82, 2.24) is 0 Å². The monoisotopic (exact) mass is 785 g/mol. The molecule has 4 fully saturated rings. The van der Waals surface area contributed by atoms with Crippen molar-refractivity contribution in [2.24, 2.45) is 29.1 Å². The van der Waals surface area contributed by atoms with Gasteiger partial charge in [-0.25, -0.2) is 0 Å². The number of fused-ring (bicyclic) bond motifs is 11. The van der Waals surface area contributed by atoms with Gasteiger partial charge in [0.2, 0.25) is 0 Å². The van der Waals surface area contributed by atoms with E-state index in [4.69, 9.17) is 0 Å². The molecule has 7 aliphatic rings. The molecule has 0 amide bonds. The Balaban J connectivity index is 1.05. The van der Waals surface area contributed by atoms with Gasteiger partial charge in [0.25, 0.3) is 0 Å². The van der Waals surface area contributed by atoms with Crippen LogP contribution in [0.2, 0.25) is 0 Å². The second kappa shape index (κ2) is 11.4. The third-order valence-electron chi connectivity index (χ3n) is 17.9. The minimum absolute atomic E-state index is 0.0834. The van der Waals surface area contributed by atoms with Crippen LogP contribution in [-0.4, -0.2) is 0 Å². The normalized spacial score (nSPS) is 29.6. The van der Waals surface area contributed by atoms with Gasteiger partial charge < -0.3 is 4.90 Å². The van der Waals surface area contributed by atoms with E-state index in [-0.39, 0.29) is 21.7 Å². The Morgan fingerprint density at radius 3 is 2.02 bits per heavy atom. The van der Waals surface area contributed by atoms with Crippen molar-refractivity contribution in [1.29, 1.82) is 0 Å². The summed E-state index contributed by atoms with van der Waals surface area (Å²) in [5, 5.41) is 0. The third kappa shape index (κ3) is 4.30. The fourth-order valence-electron chi connectivity index (χ4n) is 15.1. The molecule has 6 aromatic rings. The van der Waals surface area contributed by atoms with Crippen LogP contribution in [0, 0.1) is 29.1 Å². The molecular weight excluding hydrogens is 731 g/mol. The van der Waals surface area contributed by atoms with Crippen molar-refractivity contribution < 1.29 is 0 Å². The summed E-state index contributed by atoms with van der Waals surface area (Å²) in [7, 11) is 0. The first-order valence-corrected chi connectivity index (χ1v) is 23.5. The van der Waals surface area contributed by atoms with Crippen LogP contribution in [0.3, 0.4) is 0 Å². The lowest BCUT2D eigenvalue weighted by Gasteiger charge is -2.78. The molecule has 1 aliphatic heterocycles. The van der Waals surface area contributed by atoms with Gasteiger partial charge in [-0.15, -0.1) is 0 Å². The molecule has 1 nitrogen and oxygen atoms in total. The van der Waals surface area contributed by atoms with Crippen LogP contribution in [0.15, 0.2) is 137 Å². The lowest BCUT2D eigenvalue weighted by atomic mass is 9.26. The highest BCUT2D eigenvalue weighted by Crippen LogP contribution is 2.89. The Bertz CT molecular complexity index is 2790. The summed E-state index contributed by atoms with van der Waals surface area (Å²) in [6.45, 7) is 14.7. The van der Waals surface area contributed by atoms with E-state index in [2.05, 4.69) is 186 Å². The minimum Gasteiger partial charge on any atom is -0.309 e. The molecule has 59 heavy (non-hydrogen) atoms. The highest BCUT2D eigenvalue weighted by Gasteiger charge is 2.84. The summed E-state index contributed by atoms with van der Waals surface area (Å²) in [6, 6.07) is 50.2. The molecule has 2 bridgehead atoms. The molecule has 4 saturated carbocycles. The summed E-state index contributed by atoms with van der Waals surface area (Å²) in [6.07, 6.45) is 8.20. The number of hydrogen-bond donors (Lipinski definition) is 0. The van der Waals surface area contributed by atoms with Crippen LogP contribution in [-0.2, 0) is 21.7 Å². The molecule has 6 atom stereocenters. The molecule has 294 valence electrons. The summed E-state index contributed by atoms with van der Waals surface area (Å²) in [5.74, 6) is 3.36. The van der Waals surface area contributed by atoms with Crippen molar-refractivity contribution in [3.05, 3.63) is 161 Å². The summed E-state index contributed by atoms with van der Waals surface area (Å²) >= 11 is 2.06. The van der Waals surface area contributed by atoms with Crippen molar-refractivity contribution in [2.45, 2.75) is 112 Å². The van der Waals surface area contributed by atoms with E-state index in [1.807, 2.05) is 0 Å². The molecular formula is C57H55NS. The van der Waals surface area contributed by atoms with Crippen LogP contribution in [0.4, 0.5) is 17.1 Å². The number of hydrogen-bond acceptors (Lipinski definition) is 2. The molecule has 6 unspecified atom stereocenters. The van der Waals surface area contributed by atoms with E-state index < -0.39 is 0 Å². The van der Waals surface area contributed by atoms with Crippen molar-refractivity contribution in [2.75, 3.05) is 4.90 Å². The SMILES string of the molecule is CC1(C)CCC(C)(C)c2cc(N(c3ccc4c(c3)C(C)(C)c3ccccc3-4)c3cccc4c3Sc3cc(-c5ccccc5)ccc3C43C4CC5CC6CC3C64C5)ccc21. The standard InChI is InChI=1S/C57H55NS/c1-53(2)25-26-54(3,4)47-32-39(21-24-43(47)53)58(38-20-22-41-40-15-10-11-16-42(40)55(5,6)46(41)31-38)48-18-12-17-45-52(48)59-49-29-36(35-13-8-7-9-14-35)19-23-44(49)57(45)50-28-34-27-37-30-51(57)56(37,50)33-34/h7-24,29,31-32,34,37,50-51H,25-28,30,33H2,1-6H3. The maximum Gasteiger partial charge on any atom is 0.0604 e. The second-order valence-corrected chi connectivity index (χ2v) is 22.7. The smallest absolute Gasteiger partial charge is 0.0604 e. The zero-order valence-electron chi connectivity index (χ0n) is 35.5. The van der Waals surface area contributed by atoms with E-state index in [0.29, 0.717) is 5.41 Å². The minimum atomic E-state index is -0.0834. The van der Waals surface area contributed by atoms with Gasteiger partial charge in [0, 0.05) is 32.0 Å². The van der Waals surface area contributed by atoms with Crippen molar-refractivity contribution >= 4 is 28.8 Å². The first-order chi connectivity index (χ1) is 28.4. The fraction of sp³-hybridized carbons (Fsp3) is 0.368. The summed E-state index contributed by atoms with van der Waals surface area (Å²) < 4.78 is 0. The van der Waals surface area contributed by atoms with E-state index in [1.165, 1.54) is 110 Å². The first-order valence-electron chi connectivity index (χ1n) is 22.6. The van der Waals surface area contributed by atoms with E-state index in [9.17, 15) is 0 Å². The maximum atomic E-state index is 2.68. The molecule has 0 saturated heterocycles. The largest absolute Gasteiger partial charge is 0.309 e. The van der Waals surface area contributed by atoms with Gasteiger partial charge in [0.05, 0.1) is 5.69 Å². The molecule has 0 aromatic heterocycles. The van der Waals surface area contributed by atoms with Crippen LogP contribution < -0.4 is 4.90 Å². The Hall–Kier alpha value is -4.53. The highest BCUT2D eigenvalue weighted by atomic mass is 32.2. The molecule has 0 N–H and O–H groups in total. The molecule has 0 radical (unpaired) electrons. The number of rotatable bonds is 4. The highest BCUT2D eigenvalue weighted by molar-refractivity contribution is 7.99. The predicted molar refractivity (Wildman–Crippen MR) is 246 cm³/mol. The quantitative estimate of drug-likeness (QED) is 0.175. The molecule has 6 aromatic carbocycles. The van der Waals surface area contributed by atoms with Gasteiger partial charge in [-0.2, -0.15) is 0 Å². The number of anilines is 3. The fourth-order valence-corrected chi connectivity index (χ4v) is 16.5. The lowest BCUT2D eigenvalue weighted by molar-refractivity contribution is -0.235. The van der Waals surface area contributed by atoms with E-state index in [1.54, 1.807) is 11.1 Å². The van der Waals surface area contributed by atoms with E-state index in [0.717, 1.165) is 23.7 Å².